The number of pyridine rings is 1. The number of nitriles is 1. The molecule has 0 unspecified atom stereocenters. The fourth-order valence-electron chi connectivity index (χ4n) is 3.73. The molecule has 0 aliphatic rings. The number of hydrogen-bond donors (Lipinski definition) is 0. The normalized spacial score (nSPS) is 10.4. The number of Topliss-reactive ketones (excluding diaryl/α,β-unsaturated/α-hetero) is 1. The summed E-state index contributed by atoms with van der Waals surface area (Å²) in [5, 5.41) is 10.6. The van der Waals surface area contributed by atoms with Crippen LogP contribution in [0, 0.1) is 11.3 Å². The van der Waals surface area contributed by atoms with Crippen molar-refractivity contribution >= 4 is 17.5 Å². The van der Waals surface area contributed by atoms with Crippen LogP contribution in [0.4, 0.5) is 0 Å². The SMILES string of the molecule is COc1ccc(-c2cc(-c3cc(OC)ccc3OC)nc(SCC(=O)c3ccccc3)c2C#N)cc1. The monoisotopic (exact) mass is 496 g/mol. The van der Waals surface area contributed by atoms with E-state index in [0.717, 1.165) is 5.56 Å². The van der Waals surface area contributed by atoms with E-state index < -0.39 is 0 Å². The van der Waals surface area contributed by atoms with Crippen LogP contribution in [0.2, 0.25) is 0 Å². The summed E-state index contributed by atoms with van der Waals surface area (Å²) in [6, 6.07) is 26.2. The van der Waals surface area contributed by atoms with E-state index in [0.29, 0.717) is 50.2 Å². The molecule has 0 radical (unpaired) electrons. The molecule has 0 spiro atoms. The van der Waals surface area contributed by atoms with Crippen LogP contribution in [0.15, 0.2) is 83.9 Å². The van der Waals surface area contributed by atoms with Gasteiger partial charge in [-0.05, 0) is 42.0 Å². The van der Waals surface area contributed by atoms with Gasteiger partial charge in [0.1, 0.15) is 28.3 Å². The maximum atomic E-state index is 12.8. The Morgan fingerprint density at radius 2 is 1.56 bits per heavy atom. The van der Waals surface area contributed by atoms with E-state index in [1.54, 1.807) is 33.5 Å². The summed E-state index contributed by atoms with van der Waals surface area (Å²) in [5.74, 6) is 2.08. The smallest absolute Gasteiger partial charge is 0.173 e. The van der Waals surface area contributed by atoms with Gasteiger partial charge in [0.25, 0.3) is 0 Å². The molecule has 7 heteroatoms. The summed E-state index contributed by atoms with van der Waals surface area (Å²) < 4.78 is 16.3. The maximum absolute atomic E-state index is 12.8. The molecule has 6 nitrogen and oxygen atoms in total. The van der Waals surface area contributed by atoms with E-state index in [4.69, 9.17) is 19.2 Å². The molecule has 0 aliphatic carbocycles. The number of thioether (sulfide) groups is 1. The first kappa shape index (κ1) is 24.8. The Balaban J connectivity index is 1.84. The van der Waals surface area contributed by atoms with Crippen LogP contribution in [0.3, 0.4) is 0 Å². The predicted molar refractivity (Wildman–Crippen MR) is 141 cm³/mol. The van der Waals surface area contributed by atoms with Crippen LogP contribution in [0.5, 0.6) is 17.2 Å². The molecule has 0 bridgehead atoms. The Hall–Kier alpha value is -4.28. The highest BCUT2D eigenvalue weighted by Gasteiger charge is 2.19. The first-order valence-electron chi connectivity index (χ1n) is 11.1. The number of rotatable bonds is 9. The second kappa shape index (κ2) is 11.4. The predicted octanol–water partition coefficient (Wildman–Crippen LogP) is 6.29. The zero-order valence-corrected chi connectivity index (χ0v) is 21.0. The third-order valence-electron chi connectivity index (χ3n) is 5.62. The number of benzene rings is 3. The standard InChI is InChI=1S/C29H24N2O4S/c1-33-21-11-9-19(10-12-21)23-16-26(24-15-22(34-2)13-14-28(24)35-3)31-29(25(23)17-30)36-18-27(32)20-7-5-4-6-8-20/h4-16H,18H2,1-3H3. The van der Waals surface area contributed by atoms with Gasteiger partial charge in [-0.15, -0.1) is 0 Å². The Bertz CT molecular complexity index is 1410. The highest BCUT2D eigenvalue weighted by Crippen LogP contribution is 2.39. The van der Waals surface area contributed by atoms with Crippen molar-refractivity contribution in [2.45, 2.75) is 5.03 Å². The lowest BCUT2D eigenvalue weighted by atomic mass is 9.98. The molecule has 4 aromatic rings. The Morgan fingerprint density at radius 1 is 0.861 bits per heavy atom. The highest BCUT2D eigenvalue weighted by atomic mass is 32.2. The summed E-state index contributed by atoms with van der Waals surface area (Å²) in [4.78, 5) is 17.6. The molecule has 4 rings (SSSR count). The van der Waals surface area contributed by atoms with Crippen molar-refractivity contribution in [3.8, 4) is 45.7 Å². The van der Waals surface area contributed by atoms with Crippen molar-refractivity contribution in [3.63, 3.8) is 0 Å². The number of ether oxygens (including phenoxy) is 3. The van der Waals surface area contributed by atoms with E-state index in [-0.39, 0.29) is 11.5 Å². The number of nitrogens with zero attached hydrogens (tertiary/aromatic N) is 2. The zero-order chi connectivity index (χ0) is 25.5. The largest absolute Gasteiger partial charge is 0.497 e. The van der Waals surface area contributed by atoms with Crippen LogP contribution in [-0.4, -0.2) is 37.8 Å². The van der Waals surface area contributed by atoms with Crippen LogP contribution in [0.1, 0.15) is 15.9 Å². The van der Waals surface area contributed by atoms with Gasteiger partial charge in [0.05, 0.1) is 38.3 Å². The molecule has 180 valence electrons. The summed E-state index contributed by atoms with van der Waals surface area (Å²) in [6.07, 6.45) is 0. The van der Waals surface area contributed by atoms with Gasteiger partial charge in [-0.25, -0.2) is 4.98 Å². The third-order valence-corrected chi connectivity index (χ3v) is 6.59. The van der Waals surface area contributed by atoms with Crippen LogP contribution in [0.25, 0.3) is 22.4 Å². The molecule has 0 atom stereocenters. The number of aromatic nitrogens is 1. The Morgan fingerprint density at radius 3 is 2.19 bits per heavy atom. The fraction of sp³-hybridized carbons (Fsp3) is 0.138. The van der Waals surface area contributed by atoms with Gasteiger partial charge >= 0.3 is 0 Å². The molecule has 1 heterocycles. The molecular weight excluding hydrogens is 472 g/mol. The summed E-state index contributed by atoms with van der Waals surface area (Å²) in [6.45, 7) is 0. The lowest BCUT2D eigenvalue weighted by Crippen LogP contribution is -2.04. The lowest BCUT2D eigenvalue weighted by Gasteiger charge is -2.15. The summed E-state index contributed by atoms with van der Waals surface area (Å²) in [5.41, 5.74) is 3.86. The quantitative estimate of drug-likeness (QED) is 0.199. The molecule has 0 aliphatic heterocycles. The molecule has 1 aromatic heterocycles. The number of ketones is 1. The molecule has 0 saturated heterocycles. The Kier molecular flexibility index (Phi) is 7.89. The molecule has 36 heavy (non-hydrogen) atoms. The van der Waals surface area contributed by atoms with Crippen molar-refractivity contribution in [3.05, 3.63) is 90.0 Å². The van der Waals surface area contributed by atoms with Crippen LogP contribution < -0.4 is 14.2 Å². The van der Waals surface area contributed by atoms with E-state index in [1.165, 1.54) is 11.8 Å². The molecule has 3 aromatic carbocycles. The van der Waals surface area contributed by atoms with Crippen molar-refractivity contribution < 1.29 is 19.0 Å². The first-order chi connectivity index (χ1) is 17.6. The minimum atomic E-state index is -0.0401. The number of carbonyl (C=O) groups excluding carboxylic acids is 1. The van der Waals surface area contributed by atoms with Gasteiger partial charge in [-0.2, -0.15) is 5.26 Å². The van der Waals surface area contributed by atoms with Gasteiger partial charge in [0, 0.05) is 16.7 Å². The average molecular weight is 497 g/mol. The summed E-state index contributed by atoms with van der Waals surface area (Å²) >= 11 is 1.24. The van der Waals surface area contributed by atoms with E-state index in [2.05, 4.69) is 6.07 Å². The maximum Gasteiger partial charge on any atom is 0.173 e. The fourth-order valence-corrected chi connectivity index (χ4v) is 4.62. The minimum Gasteiger partial charge on any atom is -0.497 e. The molecule has 0 saturated carbocycles. The van der Waals surface area contributed by atoms with Crippen LogP contribution in [-0.2, 0) is 0 Å². The number of hydrogen-bond acceptors (Lipinski definition) is 7. The van der Waals surface area contributed by atoms with Crippen molar-refractivity contribution in [2.24, 2.45) is 0 Å². The van der Waals surface area contributed by atoms with Crippen LogP contribution >= 0.6 is 11.8 Å². The topological polar surface area (TPSA) is 81.4 Å². The molecular formula is C29H24N2O4S. The minimum absolute atomic E-state index is 0.0401. The first-order valence-corrected chi connectivity index (χ1v) is 12.1. The Labute approximate surface area is 214 Å². The third kappa shape index (κ3) is 5.35. The van der Waals surface area contributed by atoms with E-state index in [1.807, 2.05) is 66.7 Å². The van der Waals surface area contributed by atoms with Crippen molar-refractivity contribution in [1.29, 1.82) is 5.26 Å². The molecule has 0 fully saturated rings. The zero-order valence-electron chi connectivity index (χ0n) is 20.1. The molecule has 0 N–H and O–H groups in total. The van der Waals surface area contributed by atoms with Gasteiger partial charge in [0.15, 0.2) is 5.78 Å². The van der Waals surface area contributed by atoms with E-state index in [9.17, 15) is 10.1 Å². The number of methoxy groups -OCH3 is 3. The highest BCUT2D eigenvalue weighted by molar-refractivity contribution is 8.00. The number of carbonyl (C=O) groups is 1. The van der Waals surface area contributed by atoms with Gasteiger partial charge in [-0.1, -0.05) is 54.2 Å². The lowest BCUT2D eigenvalue weighted by molar-refractivity contribution is 0.102. The van der Waals surface area contributed by atoms with Gasteiger partial charge in [-0.3, -0.25) is 4.79 Å². The second-order valence-corrected chi connectivity index (χ2v) is 8.68. The molecule has 0 amide bonds. The van der Waals surface area contributed by atoms with E-state index >= 15 is 0 Å². The van der Waals surface area contributed by atoms with Gasteiger partial charge in [0.2, 0.25) is 0 Å². The van der Waals surface area contributed by atoms with Crippen molar-refractivity contribution in [1.82, 2.24) is 4.98 Å². The summed E-state index contributed by atoms with van der Waals surface area (Å²) in [7, 11) is 4.79. The van der Waals surface area contributed by atoms with Gasteiger partial charge < -0.3 is 14.2 Å². The average Bonchev–Trinajstić information content (AvgIpc) is 2.95. The van der Waals surface area contributed by atoms with Crippen molar-refractivity contribution in [2.75, 3.05) is 27.1 Å². The second-order valence-electron chi connectivity index (χ2n) is 7.72.